The Morgan fingerprint density at radius 3 is 2.30 bits per heavy atom. The molecule has 0 aliphatic heterocycles. The highest BCUT2D eigenvalue weighted by atomic mass is 16.5. The van der Waals surface area contributed by atoms with Crippen molar-refractivity contribution in [3.63, 3.8) is 0 Å². The van der Waals surface area contributed by atoms with Crippen molar-refractivity contribution in [2.45, 2.75) is 0 Å². The first kappa shape index (κ1) is 14.8. The second-order valence-corrected chi connectivity index (χ2v) is 4.76. The van der Waals surface area contributed by atoms with Crippen LogP contribution in [0.15, 0.2) is 27.4 Å². The van der Waals surface area contributed by atoms with Gasteiger partial charge in [-0.2, -0.15) is 0 Å². The summed E-state index contributed by atoms with van der Waals surface area (Å²) >= 11 is 0. The summed E-state index contributed by atoms with van der Waals surface area (Å²) in [4.78, 5) is 12.8. The van der Waals surface area contributed by atoms with Gasteiger partial charge >= 0.3 is 0 Å². The first-order valence-electron chi connectivity index (χ1n) is 6.63. The van der Waals surface area contributed by atoms with Crippen molar-refractivity contribution in [2.75, 3.05) is 21.3 Å². The minimum Gasteiger partial charge on any atom is -0.504 e. The molecule has 2 N–H and O–H groups in total. The first-order valence-corrected chi connectivity index (χ1v) is 6.63. The van der Waals surface area contributed by atoms with E-state index in [1.807, 2.05) is 0 Å². The molecule has 1 aromatic heterocycles. The summed E-state index contributed by atoms with van der Waals surface area (Å²) in [6.45, 7) is 0. The standard InChI is InChI=1S/C16H14O7/c1-20-9-5-4-7-12(18)11-10(23-14(7)13(9)19)6-8(17)15(21-2)16(11)22-3/h4-6,17,19H,1-3H3. The van der Waals surface area contributed by atoms with E-state index in [4.69, 9.17) is 18.6 Å². The molecule has 0 bridgehead atoms. The second-order valence-electron chi connectivity index (χ2n) is 4.76. The first-order chi connectivity index (χ1) is 11.0. The van der Waals surface area contributed by atoms with Crippen molar-refractivity contribution in [1.82, 2.24) is 0 Å². The van der Waals surface area contributed by atoms with Crippen LogP contribution in [0.5, 0.6) is 28.7 Å². The zero-order chi connectivity index (χ0) is 16.7. The number of phenolic OH excluding ortho intramolecular Hbond substituents is 2. The highest BCUT2D eigenvalue weighted by Gasteiger charge is 2.22. The highest BCUT2D eigenvalue weighted by Crippen LogP contribution is 2.43. The van der Waals surface area contributed by atoms with Gasteiger partial charge in [-0.15, -0.1) is 0 Å². The predicted octanol–water partition coefficient (Wildman–Crippen LogP) is 2.38. The summed E-state index contributed by atoms with van der Waals surface area (Å²) in [5, 5.41) is 20.4. The fourth-order valence-electron chi connectivity index (χ4n) is 2.54. The van der Waals surface area contributed by atoms with Gasteiger partial charge in [0.1, 0.15) is 11.0 Å². The lowest BCUT2D eigenvalue weighted by Crippen LogP contribution is -2.05. The van der Waals surface area contributed by atoms with Crippen molar-refractivity contribution >= 4 is 21.9 Å². The van der Waals surface area contributed by atoms with Crippen molar-refractivity contribution in [3.8, 4) is 28.7 Å². The van der Waals surface area contributed by atoms with E-state index >= 15 is 0 Å². The lowest BCUT2D eigenvalue weighted by atomic mass is 10.1. The Bertz CT molecular complexity index is 972. The van der Waals surface area contributed by atoms with Crippen LogP contribution >= 0.6 is 0 Å². The summed E-state index contributed by atoms with van der Waals surface area (Å²) in [5.41, 5.74) is -0.399. The number of phenols is 2. The van der Waals surface area contributed by atoms with Gasteiger partial charge in [0.15, 0.2) is 22.8 Å². The van der Waals surface area contributed by atoms with E-state index in [1.54, 1.807) is 0 Å². The monoisotopic (exact) mass is 318 g/mol. The van der Waals surface area contributed by atoms with E-state index in [0.29, 0.717) is 0 Å². The summed E-state index contributed by atoms with van der Waals surface area (Å²) in [5.74, 6) is -0.275. The molecule has 0 spiro atoms. The summed E-state index contributed by atoms with van der Waals surface area (Å²) in [6.07, 6.45) is 0. The number of methoxy groups -OCH3 is 3. The zero-order valence-electron chi connectivity index (χ0n) is 12.7. The Kier molecular flexibility index (Phi) is 3.40. The average Bonchev–Trinajstić information content (AvgIpc) is 2.54. The van der Waals surface area contributed by atoms with Crippen molar-refractivity contribution in [2.24, 2.45) is 0 Å². The molecule has 2 aromatic carbocycles. The van der Waals surface area contributed by atoms with Crippen molar-refractivity contribution < 1.29 is 28.8 Å². The number of hydrogen-bond acceptors (Lipinski definition) is 7. The number of rotatable bonds is 3. The quantitative estimate of drug-likeness (QED) is 0.715. The fraction of sp³-hybridized carbons (Fsp3) is 0.188. The maximum Gasteiger partial charge on any atom is 0.204 e. The van der Waals surface area contributed by atoms with Crippen LogP contribution in [-0.2, 0) is 0 Å². The molecule has 0 saturated carbocycles. The predicted molar refractivity (Wildman–Crippen MR) is 83.0 cm³/mol. The van der Waals surface area contributed by atoms with Gasteiger partial charge in [-0.25, -0.2) is 0 Å². The molecule has 0 radical (unpaired) electrons. The van der Waals surface area contributed by atoms with Crippen molar-refractivity contribution in [3.05, 3.63) is 28.4 Å². The number of hydrogen-bond donors (Lipinski definition) is 2. The van der Waals surface area contributed by atoms with Crippen LogP contribution in [0.2, 0.25) is 0 Å². The van der Waals surface area contributed by atoms with E-state index in [1.165, 1.54) is 39.5 Å². The van der Waals surface area contributed by atoms with E-state index in [0.717, 1.165) is 0 Å². The largest absolute Gasteiger partial charge is 0.504 e. The third kappa shape index (κ3) is 2.01. The molecule has 120 valence electrons. The Labute approximate surface area is 130 Å². The van der Waals surface area contributed by atoms with Gasteiger partial charge in [0.2, 0.25) is 16.9 Å². The van der Waals surface area contributed by atoms with Crippen molar-refractivity contribution in [1.29, 1.82) is 0 Å². The van der Waals surface area contributed by atoms with Gasteiger partial charge in [-0.3, -0.25) is 4.79 Å². The average molecular weight is 318 g/mol. The topological polar surface area (TPSA) is 98.4 Å². The van der Waals surface area contributed by atoms with Crippen LogP contribution in [0, 0.1) is 0 Å². The lowest BCUT2D eigenvalue weighted by molar-refractivity contribution is 0.335. The van der Waals surface area contributed by atoms with E-state index < -0.39 is 5.43 Å². The number of fused-ring (bicyclic) bond motifs is 2. The molecular formula is C16H14O7. The van der Waals surface area contributed by atoms with Crippen LogP contribution in [0.4, 0.5) is 0 Å². The molecule has 0 atom stereocenters. The maximum atomic E-state index is 12.8. The minimum atomic E-state index is -0.422. The molecule has 7 nitrogen and oxygen atoms in total. The molecule has 0 aliphatic carbocycles. The van der Waals surface area contributed by atoms with Crippen LogP contribution in [-0.4, -0.2) is 31.5 Å². The molecule has 1 heterocycles. The van der Waals surface area contributed by atoms with Gasteiger partial charge in [0.05, 0.1) is 26.7 Å². The third-order valence-electron chi connectivity index (χ3n) is 3.59. The molecule has 3 rings (SSSR count). The van der Waals surface area contributed by atoms with E-state index in [2.05, 4.69) is 0 Å². The highest BCUT2D eigenvalue weighted by molar-refractivity contribution is 5.98. The molecule has 0 unspecified atom stereocenters. The summed E-state index contributed by atoms with van der Waals surface area (Å²) < 4.78 is 20.9. The Morgan fingerprint density at radius 2 is 1.70 bits per heavy atom. The van der Waals surface area contributed by atoms with Gasteiger partial charge in [-0.1, -0.05) is 0 Å². The molecule has 0 saturated heterocycles. The molecule has 23 heavy (non-hydrogen) atoms. The normalized spacial score (nSPS) is 10.9. The van der Waals surface area contributed by atoms with Gasteiger partial charge in [-0.05, 0) is 12.1 Å². The molecule has 0 aliphatic rings. The number of aromatic hydroxyl groups is 2. The minimum absolute atomic E-state index is 0.0318. The zero-order valence-corrected chi connectivity index (χ0v) is 12.7. The Morgan fingerprint density at radius 1 is 1.00 bits per heavy atom. The summed E-state index contributed by atoms with van der Waals surface area (Å²) in [6, 6.07) is 4.18. The third-order valence-corrected chi connectivity index (χ3v) is 3.59. The molecular weight excluding hydrogens is 304 g/mol. The van der Waals surface area contributed by atoms with E-state index in [9.17, 15) is 15.0 Å². The van der Waals surface area contributed by atoms with Gasteiger partial charge < -0.3 is 28.8 Å². The molecule has 3 aromatic rings. The van der Waals surface area contributed by atoms with Gasteiger partial charge in [0, 0.05) is 6.07 Å². The van der Waals surface area contributed by atoms with Crippen LogP contribution in [0.1, 0.15) is 0 Å². The molecule has 7 heteroatoms. The van der Waals surface area contributed by atoms with Gasteiger partial charge in [0.25, 0.3) is 0 Å². The second kappa shape index (κ2) is 5.28. The molecule has 0 fully saturated rings. The van der Waals surface area contributed by atoms with Crippen LogP contribution < -0.4 is 19.6 Å². The number of ether oxygens (including phenoxy) is 3. The SMILES string of the molecule is COc1ccc2c(=O)c3c(OC)c(OC)c(O)cc3oc2c1O. The van der Waals surface area contributed by atoms with E-state index in [-0.39, 0.29) is 50.7 Å². The van der Waals surface area contributed by atoms with Crippen LogP contribution in [0.25, 0.3) is 21.9 Å². The lowest BCUT2D eigenvalue weighted by Gasteiger charge is -2.13. The fourth-order valence-corrected chi connectivity index (χ4v) is 2.54. The molecule has 0 amide bonds. The summed E-state index contributed by atoms with van der Waals surface area (Å²) in [7, 11) is 4.09. The maximum absolute atomic E-state index is 12.8. The Hall–Kier alpha value is -3.09. The Balaban J connectivity index is 2.56. The smallest absolute Gasteiger partial charge is 0.204 e. The van der Waals surface area contributed by atoms with Crippen LogP contribution in [0.3, 0.4) is 0 Å². The number of benzene rings is 2.